The van der Waals surface area contributed by atoms with Crippen LogP contribution in [0, 0.1) is 0 Å². The minimum Gasteiger partial charge on any atom is -0.491 e. The zero-order chi connectivity index (χ0) is 15.0. The third kappa shape index (κ3) is 6.36. The van der Waals surface area contributed by atoms with Gasteiger partial charge in [-0.2, -0.15) is 0 Å². The summed E-state index contributed by atoms with van der Waals surface area (Å²) in [6.07, 6.45) is 2.24. The zero-order valence-corrected chi connectivity index (χ0v) is 11.7. The molecule has 0 saturated carbocycles. The smallest absolute Gasteiger partial charge is 0.244 e. The molecular weight excluding hydrogens is 258 g/mol. The first-order valence-electron chi connectivity index (χ1n) is 6.53. The lowest BCUT2D eigenvalue weighted by molar-refractivity contribution is -0.117. The van der Waals surface area contributed by atoms with Crippen molar-refractivity contribution in [3.8, 4) is 5.75 Å². The van der Waals surface area contributed by atoms with E-state index in [1.165, 1.54) is 6.08 Å². The van der Waals surface area contributed by atoms with Crippen LogP contribution in [0.25, 0.3) is 6.08 Å². The number of amides is 1. The van der Waals surface area contributed by atoms with Crippen molar-refractivity contribution in [3.05, 3.63) is 35.9 Å². The second-order valence-corrected chi connectivity index (χ2v) is 4.65. The Morgan fingerprint density at radius 1 is 1.35 bits per heavy atom. The molecule has 1 aromatic rings. The first-order valence-corrected chi connectivity index (χ1v) is 6.53. The van der Waals surface area contributed by atoms with Crippen LogP contribution >= 0.6 is 0 Å². The monoisotopic (exact) mass is 279 g/mol. The Balaban J connectivity index is 2.47. The number of aliphatic hydroxyl groups excluding tert-OH is 2. The number of carbonyl (C=O) groups excluding carboxylic acids is 1. The molecule has 0 bridgehead atoms. The van der Waals surface area contributed by atoms with E-state index in [2.05, 4.69) is 5.32 Å². The van der Waals surface area contributed by atoms with Crippen LogP contribution in [-0.4, -0.2) is 41.5 Å². The molecule has 1 amide bonds. The lowest BCUT2D eigenvalue weighted by Gasteiger charge is -2.09. The molecule has 110 valence electrons. The van der Waals surface area contributed by atoms with Gasteiger partial charge in [0.15, 0.2) is 0 Å². The molecule has 5 nitrogen and oxygen atoms in total. The van der Waals surface area contributed by atoms with Crippen LogP contribution in [0.4, 0.5) is 0 Å². The van der Waals surface area contributed by atoms with Gasteiger partial charge in [-0.15, -0.1) is 0 Å². The summed E-state index contributed by atoms with van der Waals surface area (Å²) in [5, 5.41) is 20.2. The highest BCUT2D eigenvalue weighted by molar-refractivity contribution is 5.91. The molecule has 0 aliphatic rings. The average Bonchev–Trinajstić information content (AvgIpc) is 2.43. The first-order chi connectivity index (χ1) is 9.51. The topological polar surface area (TPSA) is 78.8 Å². The molecule has 0 radical (unpaired) electrons. The largest absolute Gasteiger partial charge is 0.491 e. The van der Waals surface area contributed by atoms with Gasteiger partial charge in [0.05, 0.1) is 18.8 Å². The molecule has 0 aliphatic heterocycles. The Hall–Kier alpha value is -1.85. The molecule has 1 atom stereocenters. The molecule has 0 aromatic heterocycles. The molecule has 20 heavy (non-hydrogen) atoms. The fraction of sp³-hybridized carbons (Fsp3) is 0.400. The number of hydrogen-bond acceptors (Lipinski definition) is 4. The second kappa shape index (κ2) is 8.35. The molecule has 3 N–H and O–H groups in total. The molecule has 5 heteroatoms. The van der Waals surface area contributed by atoms with Gasteiger partial charge in [-0.1, -0.05) is 12.1 Å². The van der Waals surface area contributed by atoms with Gasteiger partial charge in [0.25, 0.3) is 0 Å². The molecule has 0 fully saturated rings. The molecular formula is C15H21NO4. The van der Waals surface area contributed by atoms with Gasteiger partial charge in [-0.25, -0.2) is 0 Å². The summed E-state index contributed by atoms with van der Waals surface area (Å²) in [4.78, 5) is 11.4. The van der Waals surface area contributed by atoms with Crippen LogP contribution < -0.4 is 10.1 Å². The van der Waals surface area contributed by atoms with Gasteiger partial charge < -0.3 is 20.3 Å². The van der Waals surface area contributed by atoms with E-state index >= 15 is 0 Å². The van der Waals surface area contributed by atoms with Gasteiger partial charge in [0, 0.05) is 12.6 Å². The number of ether oxygens (including phenoxy) is 1. The fourth-order valence-electron chi connectivity index (χ4n) is 1.44. The molecule has 0 saturated heterocycles. The average molecular weight is 279 g/mol. The van der Waals surface area contributed by atoms with Gasteiger partial charge in [-0.05, 0) is 37.6 Å². The van der Waals surface area contributed by atoms with Crippen molar-refractivity contribution in [2.45, 2.75) is 26.1 Å². The minimum absolute atomic E-state index is 0.0286. The quantitative estimate of drug-likeness (QED) is 0.650. The van der Waals surface area contributed by atoms with E-state index in [0.717, 1.165) is 11.3 Å². The summed E-state index contributed by atoms with van der Waals surface area (Å²) in [5.74, 6) is 0.465. The van der Waals surface area contributed by atoms with Crippen molar-refractivity contribution in [3.63, 3.8) is 0 Å². The molecule has 0 aliphatic carbocycles. The molecule has 0 heterocycles. The highest BCUT2D eigenvalue weighted by Crippen LogP contribution is 2.14. The Morgan fingerprint density at radius 3 is 2.55 bits per heavy atom. The standard InChI is InChI=1S/C15H21NO4/c1-11(2)20-14-6-3-12(4-7-14)5-8-15(19)16-9-13(18)10-17/h3-8,11,13,17-18H,9-10H2,1-2H3,(H,16,19)/b8-5+. The van der Waals surface area contributed by atoms with Crippen molar-refractivity contribution in [1.82, 2.24) is 5.32 Å². The summed E-state index contributed by atoms with van der Waals surface area (Å²) in [6, 6.07) is 7.38. The lowest BCUT2D eigenvalue weighted by Crippen LogP contribution is -2.32. The predicted octanol–water partition coefficient (Wildman–Crippen LogP) is 0.956. The Bertz CT molecular complexity index is 440. The van der Waals surface area contributed by atoms with E-state index in [-0.39, 0.29) is 25.2 Å². The number of aliphatic hydroxyl groups is 2. The molecule has 1 aromatic carbocycles. The maximum Gasteiger partial charge on any atom is 0.244 e. The minimum atomic E-state index is -0.931. The number of carbonyl (C=O) groups is 1. The summed E-state index contributed by atoms with van der Waals surface area (Å²) in [7, 11) is 0. The highest BCUT2D eigenvalue weighted by Gasteiger charge is 2.02. The van der Waals surface area contributed by atoms with E-state index in [1.54, 1.807) is 6.08 Å². The lowest BCUT2D eigenvalue weighted by atomic mass is 10.2. The Labute approximate surface area is 118 Å². The van der Waals surface area contributed by atoms with Gasteiger partial charge >= 0.3 is 0 Å². The number of rotatable bonds is 7. The van der Waals surface area contributed by atoms with Crippen LogP contribution in [0.2, 0.25) is 0 Å². The second-order valence-electron chi connectivity index (χ2n) is 4.65. The van der Waals surface area contributed by atoms with Crippen LogP contribution in [-0.2, 0) is 4.79 Å². The summed E-state index contributed by atoms with van der Waals surface area (Å²) in [5.41, 5.74) is 0.874. The maximum absolute atomic E-state index is 11.4. The number of hydrogen-bond donors (Lipinski definition) is 3. The van der Waals surface area contributed by atoms with Crippen LogP contribution in [0.3, 0.4) is 0 Å². The summed E-state index contributed by atoms with van der Waals surface area (Å²) >= 11 is 0. The van der Waals surface area contributed by atoms with E-state index < -0.39 is 6.10 Å². The highest BCUT2D eigenvalue weighted by atomic mass is 16.5. The normalized spacial score (nSPS) is 12.7. The van der Waals surface area contributed by atoms with Crippen LogP contribution in [0.5, 0.6) is 5.75 Å². The molecule has 1 rings (SSSR count). The Kier molecular flexibility index (Phi) is 6.76. The number of nitrogens with one attached hydrogen (secondary N) is 1. The predicted molar refractivity (Wildman–Crippen MR) is 77.3 cm³/mol. The third-order valence-corrected chi connectivity index (χ3v) is 2.40. The zero-order valence-electron chi connectivity index (χ0n) is 11.7. The van der Waals surface area contributed by atoms with Crippen molar-refractivity contribution in [1.29, 1.82) is 0 Å². The van der Waals surface area contributed by atoms with Crippen LogP contribution in [0.15, 0.2) is 30.3 Å². The summed E-state index contributed by atoms with van der Waals surface area (Å²) < 4.78 is 5.52. The number of benzene rings is 1. The van der Waals surface area contributed by atoms with Gasteiger partial charge in [0.2, 0.25) is 5.91 Å². The first kappa shape index (κ1) is 16.2. The Morgan fingerprint density at radius 2 is 2.00 bits per heavy atom. The van der Waals surface area contributed by atoms with Crippen molar-refractivity contribution < 1.29 is 19.7 Å². The van der Waals surface area contributed by atoms with Crippen molar-refractivity contribution >= 4 is 12.0 Å². The van der Waals surface area contributed by atoms with Crippen molar-refractivity contribution in [2.24, 2.45) is 0 Å². The third-order valence-electron chi connectivity index (χ3n) is 2.40. The molecule has 0 spiro atoms. The molecule has 1 unspecified atom stereocenters. The summed E-state index contributed by atoms with van der Waals surface area (Å²) in [6.45, 7) is 3.57. The van der Waals surface area contributed by atoms with E-state index in [9.17, 15) is 4.79 Å². The van der Waals surface area contributed by atoms with Gasteiger partial charge in [-0.3, -0.25) is 4.79 Å². The van der Waals surface area contributed by atoms with E-state index in [0.29, 0.717) is 0 Å². The SMILES string of the molecule is CC(C)Oc1ccc(/C=C/C(=O)NCC(O)CO)cc1. The maximum atomic E-state index is 11.4. The van der Waals surface area contributed by atoms with Crippen molar-refractivity contribution in [2.75, 3.05) is 13.2 Å². The van der Waals surface area contributed by atoms with E-state index in [1.807, 2.05) is 38.1 Å². The van der Waals surface area contributed by atoms with E-state index in [4.69, 9.17) is 14.9 Å². The van der Waals surface area contributed by atoms with Crippen LogP contribution in [0.1, 0.15) is 19.4 Å². The van der Waals surface area contributed by atoms with Gasteiger partial charge in [0.1, 0.15) is 5.75 Å². The fourth-order valence-corrected chi connectivity index (χ4v) is 1.44.